The number of benzene rings is 2. The number of halogens is 3. The Labute approximate surface area is 170 Å². The maximum absolute atomic E-state index is 6.20. The van der Waals surface area contributed by atoms with Crippen molar-refractivity contribution >= 4 is 46.6 Å². The number of nitrogens with zero attached hydrogens (tertiary/aromatic N) is 2. The van der Waals surface area contributed by atoms with E-state index >= 15 is 0 Å². The van der Waals surface area contributed by atoms with Crippen LogP contribution in [0.3, 0.4) is 0 Å². The molecule has 0 fully saturated rings. The minimum absolute atomic E-state index is 0.317. The first-order valence-corrected chi connectivity index (χ1v) is 9.59. The van der Waals surface area contributed by atoms with Crippen molar-refractivity contribution in [2.75, 3.05) is 7.11 Å². The molecule has 0 N–H and O–H groups in total. The second-order valence-electron chi connectivity index (χ2n) is 5.07. The first kappa shape index (κ1) is 19.1. The monoisotopic (exact) mass is 426 g/mol. The van der Waals surface area contributed by atoms with Gasteiger partial charge in [-0.3, -0.25) is 0 Å². The molecule has 4 nitrogen and oxygen atoms in total. The Morgan fingerprint density at radius 3 is 2.35 bits per heavy atom. The van der Waals surface area contributed by atoms with E-state index in [0.29, 0.717) is 43.4 Å². The van der Waals surface area contributed by atoms with Crippen LogP contribution in [0.5, 0.6) is 17.4 Å². The molecule has 1 heterocycles. The Balaban J connectivity index is 1.79. The van der Waals surface area contributed by atoms with Crippen LogP contribution in [-0.2, 0) is 5.75 Å². The fourth-order valence-corrected chi connectivity index (χ4v) is 3.72. The standard InChI is InChI=1S/C18H13Cl3N2O2S/c1-24-16-9-22-18(26-10-13-14(20)3-2-4-15(13)21)23-17(16)25-12-7-5-11(19)6-8-12/h2-9H,10H2,1H3. The number of hydrogen-bond acceptors (Lipinski definition) is 5. The molecule has 0 saturated carbocycles. The number of ether oxygens (including phenoxy) is 2. The van der Waals surface area contributed by atoms with Crippen molar-refractivity contribution in [3.05, 3.63) is 69.3 Å². The van der Waals surface area contributed by atoms with E-state index in [1.165, 1.54) is 18.9 Å². The molecule has 134 valence electrons. The first-order chi connectivity index (χ1) is 12.6. The third kappa shape index (κ3) is 4.74. The van der Waals surface area contributed by atoms with Gasteiger partial charge in [-0.2, -0.15) is 4.98 Å². The van der Waals surface area contributed by atoms with Gasteiger partial charge in [0.25, 0.3) is 5.88 Å². The average molecular weight is 428 g/mol. The molecule has 0 saturated heterocycles. The topological polar surface area (TPSA) is 44.2 Å². The zero-order valence-corrected chi connectivity index (χ0v) is 16.7. The van der Waals surface area contributed by atoms with E-state index in [9.17, 15) is 0 Å². The second-order valence-corrected chi connectivity index (χ2v) is 7.26. The van der Waals surface area contributed by atoms with Crippen molar-refractivity contribution in [1.82, 2.24) is 9.97 Å². The van der Waals surface area contributed by atoms with Gasteiger partial charge >= 0.3 is 0 Å². The molecule has 26 heavy (non-hydrogen) atoms. The van der Waals surface area contributed by atoms with E-state index in [2.05, 4.69) is 9.97 Å². The molecule has 0 radical (unpaired) electrons. The van der Waals surface area contributed by atoms with Crippen LogP contribution in [0, 0.1) is 0 Å². The number of thioether (sulfide) groups is 1. The molecule has 3 aromatic rings. The van der Waals surface area contributed by atoms with Crippen molar-refractivity contribution in [2.45, 2.75) is 10.9 Å². The summed E-state index contributed by atoms with van der Waals surface area (Å²) < 4.78 is 11.1. The highest BCUT2D eigenvalue weighted by Crippen LogP contribution is 2.34. The predicted octanol–water partition coefficient (Wildman–Crippen LogP) is 6.53. The summed E-state index contributed by atoms with van der Waals surface area (Å²) in [6, 6.07) is 12.4. The van der Waals surface area contributed by atoms with Crippen molar-refractivity contribution in [3.8, 4) is 17.4 Å². The van der Waals surface area contributed by atoms with Gasteiger partial charge in [-0.1, -0.05) is 52.6 Å². The molecule has 3 rings (SSSR count). The summed E-state index contributed by atoms with van der Waals surface area (Å²) in [5.41, 5.74) is 0.834. The van der Waals surface area contributed by atoms with Gasteiger partial charge < -0.3 is 9.47 Å². The highest BCUT2D eigenvalue weighted by Gasteiger charge is 2.13. The fraction of sp³-hybridized carbons (Fsp3) is 0.111. The molecule has 1 aromatic heterocycles. The summed E-state index contributed by atoms with van der Waals surface area (Å²) >= 11 is 19.7. The number of rotatable bonds is 6. The molecule has 0 aliphatic rings. The molecule has 0 unspecified atom stereocenters. The van der Waals surface area contributed by atoms with E-state index in [4.69, 9.17) is 44.3 Å². The van der Waals surface area contributed by atoms with Crippen LogP contribution >= 0.6 is 46.6 Å². The second kappa shape index (κ2) is 8.82. The van der Waals surface area contributed by atoms with E-state index in [-0.39, 0.29) is 0 Å². The van der Waals surface area contributed by atoms with Gasteiger partial charge in [0.05, 0.1) is 13.3 Å². The summed E-state index contributed by atoms with van der Waals surface area (Å²) in [7, 11) is 1.53. The lowest BCUT2D eigenvalue weighted by Gasteiger charge is -2.11. The van der Waals surface area contributed by atoms with Crippen LogP contribution in [0.4, 0.5) is 0 Å². The summed E-state index contributed by atoms with van der Waals surface area (Å²) in [6.07, 6.45) is 1.56. The van der Waals surface area contributed by atoms with Crippen molar-refractivity contribution in [1.29, 1.82) is 0 Å². The number of methoxy groups -OCH3 is 1. The molecule has 0 aliphatic carbocycles. The van der Waals surface area contributed by atoms with E-state index in [1.54, 1.807) is 48.7 Å². The SMILES string of the molecule is COc1cnc(SCc2c(Cl)cccc2Cl)nc1Oc1ccc(Cl)cc1. The van der Waals surface area contributed by atoms with Crippen LogP contribution < -0.4 is 9.47 Å². The molecular weight excluding hydrogens is 415 g/mol. The maximum atomic E-state index is 6.20. The van der Waals surface area contributed by atoms with E-state index in [1.807, 2.05) is 0 Å². The minimum atomic E-state index is 0.317. The zero-order chi connectivity index (χ0) is 18.5. The molecule has 2 aromatic carbocycles. The Kier molecular flexibility index (Phi) is 6.48. The van der Waals surface area contributed by atoms with E-state index < -0.39 is 0 Å². The molecule has 0 aliphatic heterocycles. The summed E-state index contributed by atoms with van der Waals surface area (Å²) in [6.45, 7) is 0. The predicted molar refractivity (Wildman–Crippen MR) is 106 cm³/mol. The Hall–Kier alpha value is -1.66. The summed E-state index contributed by atoms with van der Waals surface area (Å²) in [5, 5.41) is 2.36. The zero-order valence-electron chi connectivity index (χ0n) is 13.6. The average Bonchev–Trinajstić information content (AvgIpc) is 2.63. The third-order valence-electron chi connectivity index (χ3n) is 3.36. The molecular formula is C18H13Cl3N2O2S. The molecule has 0 spiro atoms. The lowest BCUT2D eigenvalue weighted by molar-refractivity contribution is 0.363. The highest BCUT2D eigenvalue weighted by atomic mass is 35.5. The smallest absolute Gasteiger partial charge is 0.266 e. The van der Waals surface area contributed by atoms with Crippen LogP contribution in [0.2, 0.25) is 15.1 Å². The van der Waals surface area contributed by atoms with Gasteiger partial charge in [0, 0.05) is 20.8 Å². The summed E-state index contributed by atoms with van der Waals surface area (Å²) in [4.78, 5) is 8.70. The van der Waals surface area contributed by atoms with Gasteiger partial charge in [-0.05, 0) is 42.0 Å². The van der Waals surface area contributed by atoms with Crippen LogP contribution in [0.1, 0.15) is 5.56 Å². The van der Waals surface area contributed by atoms with Crippen molar-refractivity contribution in [3.63, 3.8) is 0 Å². The Morgan fingerprint density at radius 2 is 1.69 bits per heavy atom. The van der Waals surface area contributed by atoms with Crippen LogP contribution in [0.25, 0.3) is 0 Å². The Bertz CT molecular complexity index is 887. The number of aromatic nitrogens is 2. The van der Waals surface area contributed by atoms with Gasteiger partial charge in [-0.15, -0.1) is 0 Å². The molecule has 8 heteroatoms. The van der Waals surface area contributed by atoms with Gasteiger partial charge in [0.15, 0.2) is 10.9 Å². The largest absolute Gasteiger partial charge is 0.490 e. The lowest BCUT2D eigenvalue weighted by atomic mass is 10.2. The number of hydrogen-bond donors (Lipinski definition) is 0. The van der Waals surface area contributed by atoms with Crippen molar-refractivity contribution in [2.24, 2.45) is 0 Å². The van der Waals surface area contributed by atoms with Crippen molar-refractivity contribution < 1.29 is 9.47 Å². The molecule has 0 bridgehead atoms. The normalized spacial score (nSPS) is 10.6. The van der Waals surface area contributed by atoms with Gasteiger partial charge in [0.1, 0.15) is 5.75 Å². The quantitative estimate of drug-likeness (QED) is 0.330. The minimum Gasteiger partial charge on any atom is -0.490 e. The first-order valence-electron chi connectivity index (χ1n) is 7.47. The van der Waals surface area contributed by atoms with Crippen LogP contribution in [0.15, 0.2) is 53.8 Å². The molecule has 0 atom stereocenters. The van der Waals surface area contributed by atoms with Gasteiger partial charge in [-0.25, -0.2) is 4.98 Å². The van der Waals surface area contributed by atoms with Gasteiger partial charge in [0.2, 0.25) is 0 Å². The maximum Gasteiger partial charge on any atom is 0.266 e. The molecule has 0 amide bonds. The highest BCUT2D eigenvalue weighted by molar-refractivity contribution is 7.98. The lowest BCUT2D eigenvalue weighted by Crippen LogP contribution is -1.97. The third-order valence-corrected chi connectivity index (χ3v) is 5.20. The fourth-order valence-electron chi connectivity index (χ4n) is 2.04. The Morgan fingerprint density at radius 1 is 1.00 bits per heavy atom. The summed E-state index contributed by atoms with van der Waals surface area (Å²) in [5.74, 6) is 1.87. The van der Waals surface area contributed by atoms with Crippen LogP contribution in [-0.4, -0.2) is 17.1 Å². The van der Waals surface area contributed by atoms with E-state index in [0.717, 1.165) is 5.56 Å².